The maximum absolute atomic E-state index is 13.2. The van der Waals surface area contributed by atoms with Gasteiger partial charge in [-0.2, -0.15) is 0 Å². The minimum absolute atomic E-state index is 0.0611. The number of nitro groups is 1. The van der Waals surface area contributed by atoms with Gasteiger partial charge in [0.25, 0.3) is 5.69 Å². The molecule has 1 unspecified atom stereocenters. The Hall–Kier alpha value is -3.21. The third-order valence-electron chi connectivity index (χ3n) is 4.80. The fourth-order valence-electron chi connectivity index (χ4n) is 3.24. The molecule has 10 nitrogen and oxygen atoms in total. The first-order valence-corrected chi connectivity index (χ1v) is 11.1. The minimum Gasteiger partial charge on any atom is -0.478 e. The molecule has 1 heterocycles. The summed E-state index contributed by atoms with van der Waals surface area (Å²) in [7, 11) is 0. The van der Waals surface area contributed by atoms with Gasteiger partial charge >= 0.3 is 17.9 Å². The summed E-state index contributed by atoms with van der Waals surface area (Å²) in [6.45, 7) is 7.84. The number of non-ortho nitro benzene ring substituents is 1. The van der Waals surface area contributed by atoms with Gasteiger partial charge in [-0.1, -0.05) is 28.1 Å². The van der Waals surface area contributed by atoms with E-state index in [4.69, 9.17) is 9.47 Å². The lowest BCUT2D eigenvalue weighted by Crippen LogP contribution is -2.35. The van der Waals surface area contributed by atoms with Gasteiger partial charge in [0, 0.05) is 35.8 Å². The van der Waals surface area contributed by atoms with E-state index < -0.39 is 40.5 Å². The lowest BCUT2D eigenvalue weighted by molar-refractivity contribution is -0.384. The predicted octanol–water partition coefficient (Wildman–Crippen LogP) is 3.77. The predicted molar refractivity (Wildman–Crippen MR) is 121 cm³/mol. The molecule has 1 aromatic rings. The Morgan fingerprint density at radius 1 is 1.24 bits per heavy atom. The normalized spacial score (nSPS) is 17.2. The first-order chi connectivity index (χ1) is 15.3. The molecular formula is C22H25BrN2O8. The van der Waals surface area contributed by atoms with Crippen LogP contribution in [0.25, 0.3) is 0 Å². The van der Waals surface area contributed by atoms with E-state index in [-0.39, 0.29) is 33.4 Å². The lowest BCUT2D eigenvalue weighted by Gasteiger charge is -2.31. The number of carboxylic acids is 1. The number of nitro benzene ring substituents is 1. The van der Waals surface area contributed by atoms with Crippen LogP contribution in [0.4, 0.5) is 5.69 Å². The second-order valence-corrected chi connectivity index (χ2v) is 8.97. The molecule has 2 rings (SSSR count). The van der Waals surface area contributed by atoms with Crippen LogP contribution in [0.15, 0.2) is 46.8 Å². The van der Waals surface area contributed by atoms with Crippen LogP contribution in [0.2, 0.25) is 0 Å². The highest BCUT2D eigenvalue weighted by molar-refractivity contribution is 9.09. The summed E-state index contributed by atoms with van der Waals surface area (Å²) in [5.74, 6) is -3.97. The number of halogens is 1. The summed E-state index contributed by atoms with van der Waals surface area (Å²) in [5.41, 5.74) is -0.470. The summed E-state index contributed by atoms with van der Waals surface area (Å²) >= 11 is 3.28. The van der Waals surface area contributed by atoms with Gasteiger partial charge in [0.15, 0.2) is 0 Å². The fraction of sp³-hybridized carbons (Fsp3) is 0.409. The van der Waals surface area contributed by atoms with Crippen molar-refractivity contribution in [3.63, 3.8) is 0 Å². The zero-order valence-electron chi connectivity index (χ0n) is 18.8. The van der Waals surface area contributed by atoms with Crippen LogP contribution in [0.5, 0.6) is 0 Å². The molecule has 0 spiro atoms. The van der Waals surface area contributed by atoms with Crippen LogP contribution in [-0.2, 0) is 23.9 Å². The number of rotatable bonds is 7. The van der Waals surface area contributed by atoms with Crippen LogP contribution < -0.4 is 5.32 Å². The van der Waals surface area contributed by atoms with E-state index in [9.17, 15) is 29.6 Å². The first kappa shape index (κ1) is 26.0. The van der Waals surface area contributed by atoms with Crippen molar-refractivity contribution in [2.24, 2.45) is 5.41 Å². The Morgan fingerprint density at radius 3 is 2.39 bits per heavy atom. The molecule has 1 aliphatic heterocycles. The highest BCUT2D eigenvalue weighted by Crippen LogP contribution is 2.40. The van der Waals surface area contributed by atoms with Gasteiger partial charge < -0.3 is 19.9 Å². The Kier molecular flexibility index (Phi) is 8.02. The molecule has 11 heteroatoms. The number of hydrogen-bond acceptors (Lipinski definition) is 8. The quantitative estimate of drug-likeness (QED) is 0.179. The smallest absolute Gasteiger partial charge is 0.339 e. The fourth-order valence-corrected chi connectivity index (χ4v) is 3.69. The average molecular weight is 525 g/mol. The third kappa shape index (κ3) is 5.98. The van der Waals surface area contributed by atoms with E-state index in [1.54, 1.807) is 20.8 Å². The van der Waals surface area contributed by atoms with Crippen LogP contribution in [0.1, 0.15) is 46.1 Å². The van der Waals surface area contributed by atoms with Crippen LogP contribution in [0.3, 0.4) is 0 Å². The number of benzene rings is 1. The van der Waals surface area contributed by atoms with Gasteiger partial charge in [0.05, 0.1) is 27.4 Å². The number of ether oxygens (including phenoxy) is 2. The van der Waals surface area contributed by atoms with Gasteiger partial charge in [0.2, 0.25) is 6.29 Å². The number of aliphatic carboxylic acids is 1. The third-order valence-corrected chi connectivity index (χ3v) is 5.36. The number of hydrogen-bond donors (Lipinski definition) is 2. The molecule has 1 aromatic carbocycles. The van der Waals surface area contributed by atoms with E-state index in [0.29, 0.717) is 5.70 Å². The highest BCUT2D eigenvalue weighted by atomic mass is 79.9. The van der Waals surface area contributed by atoms with Gasteiger partial charge in [-0.3, -0.25) is 14.9 Å². The number of allylic oxidation sites excluding steroid dienone is 2. The molecular weight excluding hydrogens is 500 g/mol. The molecule has 0 aromatic heterocycles. The Morgan fingerprint density at radius 2 is 1.88 bits per heavy atom. The Bertz CT molecular complexity index is 1050. The molecule has 0 aliphatic carbocycles. The number of carbonyl (C=O) groups excluding carboxylic acids is 2. The average Bonchev–Trinajstić information content (AvgIpc) is 2.71. The molecule has 33 heavy (non-hydrogen) atoms. The zero-order valence-corrected chi connectivity index (χ0v) is 20.4. The molecule has 0 radical (unpaired) electrons. The summed E-state index contributed by atoms with van der Waals surface area (Å²) in [5, 5.41) is 24.2. The second-order valence-electron chi connectivity index (χ2n) is 8.41. The van der Waals surface area contributed by atoms with Crippen LogP contribution in [-0.4, -0.2) is 39.6 Å². The summed E-state index contributed by atoms with van der Waals surface area (Å²) in [4.78, 5) is 48.1. The summed E-state index contributed by atoms with van der Waals surface area (Å²) in [6, 6.07) is 5.40. The van der Waals surface area contributed by atoms with Crippen molar-refractivity contribution in [2.45, 2.75) is 46.8 Å². The Labute approximate surface area is 198 Å². The Balaban J connectivity index is 2.54. The first-order valence-electron chi connectivity index (χ1n) is 9.94. The molecule has 0 saturated heterocycles. The standard InChI is InChI=1S/C22H25BrN2O8/c1-11-16(19(26)27)17(13-7-6-8-14(9-13)25(30)31)18(15(10-23)24-11)20(28)32-12(2)33-21(29)22(3,4)5/h6-9,12,17,24H,10H2,1-5H3,(H,26,27)/t12-,17?/m1/s1. The van der Waals surface area contributed by atoms with E-state index in [0.717, 1.165) is 0 Å². The van der Waals surface area contributed by atoms with Gasteiger partial charge in [-0.05, 0) is 33.3 Å². The molecule has 2 N–H and O–H groups in total. The molecule has 2 atom stereocenters. The second kappa shape index (κ2) is 10.2. The molecule has 1 aliphatic rings. The SMILES string of the molecule is CC1=C(C(=O)O)C(c2cccc([N+](=O)[O-])c2)C(C(=O)O[C@@H](C)OC(=O)C(C)(C)C)=C(CBr)N1. The van der Waals surface area contributed by atoms with E-state index in [1.807, 2.05) is 0 Å². The number of carboxylic acid groups (broad SMARTS) is 1. The van der Waals surface area contributed by atoms with Crippen molar-refractivity contribution in [3.8, 4) is 0 Å². The van der Waals surface area contributed by atoms with Gasteiger partial charge in [-0.15, -0.1) is 0 Å². The van der Waals surface area contributed by atoms with Crippen molar-refractivity contribution in [1.29, 1.82) is 0 Å². The maximum atomic E-state index is 13.2. The maximum Gasteiger partial charge on any atom is 0.339 e. The number of esters is 2. The molecule has 0 amide bonds. The number of nitrogens with zero attached hydrogens (tertiary/aromatic N) is 1. The molecule has 0 bridgehead atoms. The van der Waals surface area contributed by atoms with Gasteiger partial charge in [0.1, 0.15) is 0 Å². The number of dihydropyridines is 1. The van der Waals surface area contributed by atoms with Crippen molar-refractivity contribution in [3.05, 3.63) is 62.5 Å². The topological polar surface area (TPSA) is 145 Å². The molecule has 0 saturated carbocycles. The van der Waals surface area contributed by atoms with Crippen LogP contribution in [0, 0.1) is 15.5 Å². The lowest BCUT2D eigenvalue weighted by atomic mass is 9.80. The zero-order chi connectivity index (χ0) is 25.1. The number of nitrogens with one attached hydrogen (secondary N) is 1. The highest BCUT2D eigenvalue weighted by Gasteiger charge is 2.39. The monoisotopic (exact) mass is 524 g/mol. The van der Waals surface area contributed by atoms with Crippen molar-refractivity contribution in [2.75, 3.05) is 5.33 Å². The molecule has 0 fully saturated rings. The van der Waals surface area contributed by atoms with Gasteiger partial charge in [-0.25, -0.2) is 9.59 Å². The van der Waals surface area contributed by atoms with Crippen molar-refractivity contribution >= 4 is 39.5 Å². The molecule has 178 valence electrons. The van der Waals surface area contributed by atoms with Crippen molar-refractivity contribution < 1.29 is 33.9 Å². The van der Waals surface area contributed by atoms with Crippen molar-refractivity contribution in [1.82, 2.24) is 5.32 Å². The number of alkyl halides is 1. The van der Waals surface area contributed by atoms with E-state index in [1.165, 1.54) is 38.1 Å². The van der Waals surface area contributed by atoms with E-state index >= 15 is 0 Å². The minimum atomic E-state index is -1.30. The number of carbonyl (C=O) groups is 3. The van der Waals surface area contributed by atoms with Crippen LogP contribution >= 0.6 is 15.9 Å². The summed E-state index contributed by atoms with van der Waals surface area (Å²) < 4.78 is 10.5. The summed E-state index contributed by atoms with van der Waals surface area (Å²) in [6.07, 6.45) is -1.25. The largest absolute Gasteiger partial charge is 0.478 e. The van der Waals surface area contributed by atoms with E-state index in [2.05, 4.69) is 21.2 Å².